The third-order valence-electron chi connectivity index (χ3n) is 4.28. The number of aromatic nitrogens is 1. The summed E-state index contributed by atoms with van der Waals surface area (Å²) in [7, 11) is 0. The average molecular weight is 283 g/mol. The number of hydrogen-bond donors (Lipinski definition) is 1. The van der Waals surface area contributed by atoms with Crippen molar-refractivity contribution in [2.75, 3.05) is 11.4 Å². The third kappa shape index (κ3) is 3.03. The molecular formula is C18H25N3. The van der Waals surface area contributed by atoms with Crippen LogP contribution in [0.3, 0.4) is 0 Å². The van der Waals surface area contributed by atoms with Gasteiger partial charge in [0.15, 0.2) is 0 Å². The van der Waals surface area contributed by atoms with Crippen molar-refractivity contribution in [2.24, 2.45) is 11.7 Å². The van der Waals surface area contributed by atoms with E-state index in [1.807, 2.05) is 6.20 Å². The first-order valence-corrected chi connectivity index (χ1v) is 8.04. The summed E-state index contributed by atoms with van der Waals surface area (Å²) in [4.78, 5) is 7.28. The lowest BCUT2D eigenvalue weighted by Crippen LogP contribution is -2.29. The maximum Gasteiger partial charge on any atom is 0.136 e. The van der Waals surface area contributed by atoms with E-state index in [9.17, 15) is 0 Å². The van der Waals surface area contributed by atoms with Crippen molar-refractivity contribution in [2.45, 2.75) is 45.7 Å². The SMILES string of the molecule is CC(C)CCN(c1ncc(CN)c2ccccc12)C1CC1. The van der Waals surface area contributed by atoms with E-state index in [0.717, 1.165) is 23.8 Å². The molecule has 2 N–H and O–H groups in total. The van der Waals surface area contributed by atoms with Crippen LogP contribution in [0.25, 0.3) is 10.8 Å². The highest BCUT2D eigenvalue weighted by Gasteiger charge is 2.30. The zero-order valence-electron chi connectivity index (χ0n) is 13.0. The zero-order valence-corrected chi connectivity index (χ0v) is 13.0. The van der Waals surface area contributed by atoms with Crippen molar-refractivity contribution < 1.29 is 0 Å². The van der Waals surface area contributed by atoms with Gasteiger partial charge >= 0.3 is 0 Å². The Balaban J connectivity index is 2.01. The predicted molar refractivity (Wildman–Crippen MR) is 89.5 cm³/mol. The molecule has 0 radical (unpaired) electrons. The Kier molecular flexibility index (Phi) is 4.11. The van der Waals surface area contributed by atoms with Gasteiger partial charge < -0.3 is 10.6 Å². The molecule has 1 aliphatic rings. The summed E-state index contributed by atoms with van der Waals surface area (Å²) in [5.41, 5.74) is 6.99. The van der Waals surface area contributed by atoms with E-state index in [-0.39, 0.29) is 0 Å². The second-order valence-corrected chi connectivity index (χ2v) is 6.46. The summed E-state index contributed by atoms with van der Waals surface area (Å²) >= 11 is 0. The molecule has 0 aliphatic heterocycles. The minimum absolute atomic E-state index is 0.545. The molecule has 3 nitrogen and oxygen atoms in total. The summed E-state index contributed by atoms with van der Waals surface area (Å²) in [5.74, 6) is 1.87. The lowest BCUT2D eigenvalue weighted by atomic mass is 10.1. The average Bonchev–Trinajstić information content (AvgIpc) is 3.32. The van der Waals surface area contributed by atoms with Crippen LogP contribution in [0, 0.1) is 5.92 Å². The van der Waals surface area contributed by atoms with Crippen molar-refractivity contribution in [1.82, 2.24) is 4.98 Å². The van der Waals surface area contributed by atoms with E-state index in [4.69, 9.17) is 10.7 Å². The number of rotatable bonds is 6. The molecule has 1 aromatic carbocycles. The Morgan fingerprint density at radius 1 is 1.24 bits per heavy atom. The smallest absolute Gasteiger partial charge is 0.136 e. The number of anilines is 1. The standard InChI is InChI=1S/C18H25N3/c1-13(2)9-10-21(15-7-8-15)18-17-6-4-3-5-16(17)14(11-19)12-20-18/h3-6,12-13,15H,7-11,19H2,1-2H3. The number of nitrogens with two attached hydrogens (primary N) is 1. The van der Waals surface area contributed by atoms with Crippen molar-refractivity contribution >= 4 is 16.6 Å². The largest absolute Gasteiger partial charge is 0.353 e. The molecule has 112 valence electrons. The molecule has 1 aliphatic carbocycles. The molecule has 0 bridgehead atoms. The number of nitrogens with zero attached hydrogens (tertiary/aromatic N) is 2. The molecule has 0 spiro atoms. The lowest BCUT2D eigenvalue weighted by molar-refractivity contribution is 0.569. The van der Waals surface area contributed by atoms with Crippen LogP contribution in [0.5, 0.6) is 0 Å². The normalized spacial score (nSPS) is 14.9. The molecule has 21 heavy (non-hydrogen) atoms. The molecule has 1 heterocycles. The van der Waals surface area contributed by atoms with Gasteiger partial charge in [0, 0.05) is 30.7 Å². The van der Waals surface area contributed by atoms with Crippen LogP contribution in [0.15, 0.2) is 30.5 Å². The van der Waals surface area contributed by atoms with Crippen LogP contribution in [0.4, 0.5) is 5.82 Å². The maximum atomic E-state index is 5.86. The van der Waals surface area contributed by atoms with Crippen molar-refractivity contribution in [3.05, 3.63) is 36.0 Å². The van der Waals surface area contributed by atoms with Crippen LogP contribution < -0.4 is 10.6 Å². The Morgan fingerprint density at radius 3 is 2.57 bits per heavy atom. The molecule has 0 atom stereocenters. The quantitative estimate of drug-likeness (QED) is 0.878. The molecule has 0 amide bonds. The Labute approximate surface area is 127 Å². The number of fused-ring (bicyclic) bond motifs is 1. The fourth-order valence-electron chi connectivity index (χ4n) is 2.87. The first-order valence-electron chi connectivity index (χ1n) is 8.04. The fourth-order valence-corrected chi connectivity index (χ4v) is 2.87. The highest BCUT2D eigenvalue weighted by Crippen LogP contribution is 2.35. The summed E-state index contributed by atoms with van der Waals surface area (Å²) in [5, 5.41) is 2.50. The van der Waals surface area contributed by atoms with Crippen LogP contribution in [-0.2, 0) is 6.54 Å². The second-order valence-electron chi connectivity index (χ2n) is 6.46. The molecule has 1 saturated carbocycles. The van der Waals surface area contributed by atoms with E-state index in [1.165, 1.54) is 30.0 Å². The summed E-state index contributed by atoms with van der Waals surface area (Å²) in [6.07, 6.45) is 5.77. The van der Waals surface area contributed by atoms with Crippen LogP contribution in [0.2, 0.25) is 0 Å². The highest BCUT2D eigenvalue weighted by atomic mass is 15.2. The van der Waals surface area contributed by atoms with Gasteiger partial charge in [-0.1, -0.05) is 38.1 Å². The van der Waals surface area contributed by atoms with Crippen LogP contribution in [-0.4, -0.2) is 17.6 Å². The summed E-state index contributed by atoms with van der Waals surface area (Å²) in [6.45, 7) is 6.22. The van der Waals surface area contributed by atoms with Gasteiger partial charge in [-0.05, 0) is 36.1 Å². The number of hydrogen-bond acceptors (Lipinski definition) is 3. The molecule has 2 aromatic rings. The molecule has 3 heteroatoms. The second kappa shape index (κ2) is 6.02. The molecule has 0 saturated heterocycles. The first kappa shape index (κ1) is 14.3. The van der Waals surface area contributed by atoms with Gasteiger partial charge in [-0.25, -0.2) is 4.98 Å². The predicted octanol–water partition coefficient (Wildman–Crippen LogP) is 3.71. The van der Waals surface area contributed by atoms with Gasteiger partial charge in [0.25, 0.3) is 0 Å². The minimum atomic E-state index is 0.545. The molecule has 0 unspecified atom stereocenters. The van der Waals surface area contributed by atoms with Crippen molar-refractivity contribution in [3.63, 3.8) is 0 Å². The van der Waals surface area contributed by atoms with E-state index < -0.39 is 0 Å². The Bertz CT molecular complexity index is 617. The summed E-state index contributed by atoms with van der Waals surface area (Å²) < 4.78 is 0. The third-order valence-corrected chi connectivity index (χ3v) is 4.28. The molecular weight excluding hydrogens is 258 g/mol. The van der Waals surface area contributed by atoms with Crippen LogP contribution >= 0.6 is 0 Å². The zero-order chi connectivity index (χ0) is 14.8. The molecule has 3 rings (SSSR count). The van der Waals surface area contributed by atoms with Gasteiger partial charge in [0.2, 0.25) is 0 Å². The van der Waals surface area contributed by atoms with Gasteiger partial charge in [-0.2, -0.15) is 0 Å². The molecule has 1 fully saturated rings. The lowest BCUT2D eigenvalue weighted by Gasteiger charge is -2.26. The number of benzene rings is 1. The van der Waals surface area contributed by atoms with Gasteiger partial charge in [0.1, 0.15) is 5.82 Å². The van der Waals surface area contributed by atoms with Gasteiger partial charge in [0.05, 0.1) is 0 Å². The number of pyridine rings is 1. The van der Waals surface area contributed by atoms with Crippen molar-refractivity contribution in [3.8, 4) is 0 Å². The van der Waals surface area contributed by atoms with E-state index in [2.05, 4.69) is 43.0 Å². The monoisotopic (exact) mass is 283 g/mol. The first-order chi connectivity index (χ1) is 10.2. The summed E-state index contributed by atoms with van der Waals surface area (Å²) in [6, 6.07) is 9.21. The highest BCUT2D eigenvalue weighted by molar-refractivity contribution is 5.94. The van der Waals surface area contributed by atoms with Gasteiger partial charge in [-0.3, -0.25) is 0 Å². The Morgan fingerprint density at radius 2 is 1.95 bits per heavy atom. The van der Waals surface area contributed by atoms with E-state index in [1.54, 1.807) is 0 Å². The fraction of sp³-hybridized carbons (Fsp3) is 0.500. The van der Waals surface area contributed by atoms with E-state index in [0.29, 0.717) is 12.6 Å². The van der Waals surface area contributed by atoms with Crippen molar-refractivity contribution in [1.29, 1.82) is 0 Å². The minimum Gasteiger partial charge on any atom is -0.353 e. The maximum absolute atomic E-state index is 5.86. The molecule has 1 aromatic heterocycles. The van der Waals surface area contributed by atoms with Crippen LogP contribution in [0.1, 0.15) is 38.7 Å². The van der Waals surface area contributed by atoms with E-state index >= 15 is 0 Å². The topological polar surface area (TPSA) is 42.2 Å². The van der Waals surface area contributed by atoms with Gasteiger partial charge in [-0.15, -0.1) is 0 Å². The Hall–Kier alpha value is -1.61.